The summed E-state index contributed by atoms with van der Waals surface area (Å²) in [7, 11) is 1.32. The molecule has 0 radical (unpaired) electrons. The van der Waals surface area contributed by atoms with E-state index in [4.69, 9.17) is 4.74 Å². The summed E-state index contributed by atoms with van der Waals surface area (Å²) >= 11 is 1.73. The number of anilines is 1. The van der Waals surface area contributed by atoms with Crippen molar-refractivity contribution in [2.45, 2.75) is 18.6 Å². The number of thioether (sulfide) groups is 1. The highest BCUT2D eigenvalue weighted by atomic mass is 32.2. The number of hydrogen-bond acceptors (Lipinski definition) is 5. The minimum Gasteiger partial charge on any atom is -0.490 e. The van der Waals surface area contributed by atoms with Crippen molar-refractivity contribution in [3.05, 3.63) is 28.1 Å². The highest BCUT2D eigenvalue weighted by Crippen LogP contribution is 2.32. The van der Waals surface area contributed by atoms with Crippen LogP contribution in [0.2, 0.25) is 0 Å². The summed E-state index contributed by atoms with van der Waals surface area (Å²) in [6.45, 7) is 2.68. The SMILES string of the molecule is COc1cc(NCCC(C)SC)c(F)cc1[N+](=O)[O-]. The maximum Gasteiger partial charge on any atom is 0.313 e. The number of benzene rings is 1. The first-order chi connectivity index (χ1) is 8.99. The maximum atomic E-state index is 13.7. The average molecular weight is 288 g/mol. The third-order valence-corrected chi connectivity index (χ3v) is 3.77. The number of hydrogen-bond donors (Lipinski definition) is 1. The van der Waals surface area contributed by atoms with Gasteiger partial charge in [0, 0.05) is 17.9 Å². The third-order valence-electron chi connectivity index (χ3n) is 2.73. The molecule has 0 fully saturated rings. The lowest BCUT2D eigenvalue weighted by Gasteiger charge is -2.12. The van der Waals surface area contributed by atoms with E-state index in [1.165, 1.54) is 13.2 Å². The molecule has 0 aliphatic carbocycles. The van der Waals surface area contributed by atoms with Gasteiger partial charge in [-0.2, -0.15) is 11.8 Å². The third kappa shape index (κ3) is 4.27. The van der Waals surface area contributed by atoms with Crippen molar-refractivity contribution in [3.8, 4) is 5.75 Å². The van der Waals surface area contributed by atoms with E-state index >= 15 is 0 Å². The van der Waals surface area contributed by atoms with Gasteiger partial charge in [-0.15, -0.1) is 0 Å². The molecule has 1 aromatic rings. The van der Waals surface area contributed by atoms with Gasteiger partial charge in [-0.25, -0.2) is 4.39 Å². The summed E-state index contributed by atoms with van der Waals surface area (Å²) in [5, 5.41) is 14.1. The molecule has 1 unspecified atom stereocenters. The number of ether oxygens (including phenoxy) is 1. The first-order valence-electron chi connectivity index (χ1n) is 5.78. The fourth-order valence-electron chi connectivity index (χ4n) is 1.51. The number of nitro benzene ring substituents is 1. The maximum absolute atomic E-state index is 13.7. The molecule has 0 spiro atoms. The number of nitrogens with zero attached hydrogens (tertiary/aromatic N) is 1. The number of rotatable bonds is 7. The zero-order valence-corrected chi connectivity index (χ0v) is 11.9. The zero-order chi connectivity index (χ0) is 14.4. The normalized spacial score (nSPS) is 12.0. The van der Waals surface area contributed by atoms with Gasteiger partial charge < -0.3 is 10.1 Å². The van der Waals surface area contributed by atoms with E-state index in [1.807, 2.05) is 6.26 Å². The van der Waals surface area contributed by atoms with Gasteiger partial charge >= 0.3 is 5.69 Å². The molecular weight excluding hydrogens is 271 g/mol. The number of nitrogens with one attached hydrogen (secondary N) is 1. The van der Waals surface area contributed by atoms with Crippen molar-refractivity contribution in [2.75, 3.05) is 25.2 Å². The minimum atomic E-state index is -0.665. The molecule has 0 aromatic heterocycles. The zero-order valence-electron chi connectivity index (χ0n) is 11.1. The van der Waals surface area contributed by atoms with Crippen molar-refractivity contribution in [2.24, 2.45) is 0 Å². The minimum absolute atomic E-state index is 0.0480. The molecule has 1 N–H and O–H groups in total. The second-order valence-electron chi connectivity index (χ2n) is 4.02. The Morgan fingerprint density at radius 2 is 2.26 bits per heavy atom. The Hall–Kier alpha value is -1.50. The van der Waals surface area contributed by atoms with Crippen LogP contribution in [0.5, 0.6) is 5.75 Å². The lowest BCUT2D eigenvalue weighted by atomic mass is 10.2. The molecule has 106 valence electrons. The summed E-state index contributed by atoms with van der Waals surface area (Å²) in [6.07, 6.45) is 2.89. The smallest absolute Gasteiger partial charge is 0.313 e. The van der Waals surface area contributed by atoms with Gasteiger partial charge in [-0.3, -0.25) is 10.1 Å². The van der Waals surface area contributed by atoms with Crippen LogP contribution in [0.4, 0.5) is 15.8 Å². The molecule has 7 heteroatoms. The van der Waals surface area contributed by atoms with E-state index in [2.05, 4.69) is 12.2 Å². The van der Waals surface area contributed by atoms with Crippen LogP contribution in [0.1, 0.15) is 13.3 Å². The summed E-state index contributed by atoms with van der Waals surface area (Å²) in [6, 6.07) is 2.19. The number of nitro groups is 1. The van der Waals surface area contributed by atoms with Crippen molar-refractivity contribution in [1.29, 1.82) is 0 Å². The quantitative estimate of drug-likeness (QED) is 0.616. The number of methoxy groups -OCH3 is 1. The predicted octanol–water partition coefficient (Wildman–Crippen LogP) is 3.30. The fraction of sp³-hybridized carbons (Fsp3) is 0.500. The van der Waals surface area contributed by atoms with E-state index < -0.39 is 10.7 Å². The van der Waals surface area contributed by atoms with Crippen LogP contribution in [0.3, 0.4) is 0 Å². The molecule has 0 aliphatic rings. The van der Waals surface area contributed by atoms with Crippen LogP contribution in [-0.2, 0) is 0 Å². The molecule has 5 nitrogen and oxygen atoms in total. The highest BCUT2D eigenvalue weighted by Gasteiger charge is 2.19. The van der Waals surface area contributed by atoms with E-state index in [1.54, 1.807) is 11.8 Å². The van der Waals surface area contributed by atoms with Crippen LogP contribution >= 0.6 is 11.8 Å². The summed E-state index contributed by atoms with van der Waals surface area (Å²) in [5.74, 6) is -0.601. The van der Waals surface area contributed by atoms with Gasteiger partial charge in [-0.05, 0) is 12.7 Å². The molecule has 1 atom stereocenters. The first-order valence-corrected chi connectivity index (χ1v) is 7.07. The molecular formula is C12H17FN2O3S. The standard InChI is InChI=1S/C12H17FN2O3S/c1-8(19-3)4-5-14-10-7-12(18-2)11(15(16)17)6-9(10)13/h6-8,14H,4-5H2,1-3H3. The lowest BCUT2D eigenvalue weighted by molar-refractivity contribution is -0.385. The van der Waals surface area contributed by atoms with Gasteiger partial charge in [0.25, 0.3) is 0 Å². The van der Waals surface area contributed by atoms with Gasteiger partial charge in [0.1, 0.15) is 0 Å². The Kier molecular flexibility index (Phi) is 5.88. The monoisotopic (exact) mass is 288 g/mol. The highest BCUT2D eigenvalue weighted by molar-refractivity contribution is 7.99. The molecule has 0 amide bonds. The van der Waals surface area contributed by atoms with E-state index in [0.29, 0.717) is 11.8 Å². The second kappa shape index (κ2) is 7.18. The van der Waals surface area contributed by atoms with Crippen molar-refractivity contribution in [1.82, 2.24) is 0 Å². The molecule has 19 heavy (non-hydrogen) atoms. The molecule has 1 rings (SSSR count). The predicted molar refractivity (Wildman–Crippen MR) is 75.7 cm³/mol. The summed E-state index contributed by atoms with van der Waals surface area (Å²) < 4.78 is 18.6. The Morgan fingerprint density at radius 1 is 1.58 bits per heavy atom. The molecule has 1 aromatic carbocycles. The van der Waals surface area contributed by atoms with Crippen molar-refractivity contribution >= 4 is 23.1 Å². The van der Waals surface area contributed by atoms with Crippen LogP contribution in [0.25, 0.3) is 0 Å². The second-order valence-corrected chi connectivity index (χ2v) is 5.30. The van der Waals surface area contributed by atoms with Gasteiger partial charge in [0.05, 0.1) is 23.8 Å². The van der Waals surface area contributed by atoms with Gasteiger partial charge in [-0.1, -0.05) is 6.92 Å². The topological polar surface area (TPSA) is 64.4 Å². The van der Waals surface area contributed by atoms with Crippen molar-refractivity contribution in [3.63, 3.8) is 0 Å². The Morgan fingerprint density at radius 3 is 2.79 bits per heavy atom. The van der Waals surface area contributed by atoms with Crippen LogP contribution in [0.15, 0.2) is 12.1 Å². The van der Waals surface area contributed by atoms with Crippen LogP contribution in [-0.4, -0.2) is 30.1 Å². The molecule has 0 saturated heterocycles. The molecule has 0 bridgehead atoms. The van der Waals surface area contributed by atoms with Gasteiger partial charge in [0.15, 0.2) is 11.6 Å². The van der Waals surface area contributed by atoms with Crippen LogP contribution in [0, 0.1) is 15.9 Å². The molecule has 0 saturated carbocycles. The summed E-state index contributed by atoms with van der Waals surface area (Å²) in [4.78, 5) is 10.1. The van der Waals surface area contributed by atoms with E-state index in [-0.39, 0.29) is 17.1 Å². The van der Waals surface area contributed by atoms with E-state index in [9.17, 15) is 14.5 Å². The average Bonchev–Trinajstić information content (AvgIpc) is 2.39. The summed E-state index contributed by atoms with van der Waals surface area (Å²) in [5.41, 5.74) is -0.154. The fourth-order valence-corrected chi connectivity index (χ4v) is 1.87. The Balaban J connectivity index is 2.82. The lowest BCUT2D eigenvalue weighted by Crippen LogP contribution is -2.09. The first kappa shape index (κ1) is 15.6. The Labute approximate surface area is 115 Å². The number of halogens is 1. The van der Waals surface area contributed by atoms with Crippen molar-refractivity contribution < 1.29 is 14.1 Å². The Bertz CT molecular complexity index is 457. The molecule has 0 heterocycles. The molecule has 0 aliphatic heterocycles. The van der Waals surface area contributed by atoms with Gasteiger partial charge in [0.2, 0.25) is 0 Å². The largest absolute Gasteiger partial charge is 0.490 e. The van der Waals surface area contributed by atoms with Crippen LogP contribution < -0.4 is 10.1 Å². The van der Waals surface area contributed by atoms with E-state index in [0.717, 1.165) is 12.5 Å².